The summed E-state index contributed by atoms with van der Waals surface area (Å²) < 4.78 is 0. The number of nitrogens with one attached hydrogen (secondary N) is 1. The molecular formula is C13H12ClN3O. The first-order chi connectivity index (χ1) is 8.59. The van der Waals surface area contributed by atoms with Gasteiger partial charge in [0.2, 0.25) is 0 Å². The number of aryl methyl sites for hydroxylation is 2. The number of carbonyl (C=O) groups is 1. The number of nitrogens with zero attached hydrogens (tertiary/aromatic N) is 2. The Balaban J connectivity index is 2.31. The van der Waals surface area contributed by atoms with Crippen LogP contribution in [0.15, 0.2) is 30.6 Å². The summed E-state index contributed by atoms with van der Waals surface area (Å²) in [7, 11) is 0. The summed E-state index contributed by atoms with van der Waals surface area (Å²) >= 11 is 5.99. The van der Waals surface area contributed by atoms with E-state index in [4.69, 9.17) is 11.6 Å². The fourth-order valence-corrected chi connectivity index (χ4v) is 1.85. The second kappa shape index (κ2) is 5.14. The van der Waals surface area contributed by atoms with Crippen LogP contribution in [0.25, 0.3) is 0 Å². The minimum atomic E-state index is -0.251. The monoisotopic (exact) mass is 261 g/mol. The van der Waals surface area contributed by atoms with Gasteiger partial charge >= 0.3 is 0 Å². The van der Waals surface area contributed by atoms with Gasteiger partial charge in [0.1, 0.15) is 6.33 Å². The molecule has 5 heteroatoms. The van der Waals surface area contributed by atoms with Gasteiger partial charge in [-0.2, -0.15) is 0 Å². The number of hydrogen-bond acceptors (Lipinski definition) is 3. The van der Waals surface area contributed by atoms with Crippen molar-refractivity contribution in [3.05, 3.63) is 52.6 Å². The first-order valence-corrected chi connectivity index (χ1v) is 5.81. The van der Waals surface area contributed by atoms with Crippen molar-refractivity contribution in [2.75, 3.05) is 5.32 Å². The van der Waals surface area contributed by atoms with Crippen LogP contribution in [0.2, 0.25) is 5.02 Å². The van der Waals surface area contributed by atoms with Crippen molar-refractivity contribution in [1.29, 1.82) is 0 Å². The lowest BCUT2D eigenvalue weighted by molar-refractivity contribution is 0.102. The zero-order chi connectivity index (χ0) is 13.1. The molecule has 0 atom stereocenters. The number of benzene rings is 1. The number of amides is 1. The smallest absolute Gasteiger partial charge is 0.259 e. The molecule has 0 fully saturated rings. The topological polar surface area (TPSA) is 54.9 Å². The molecule has 0 aliphatic heterocycles. The van der Waals surface area contributed by atoms with Gasteiger partial charge in [0.25, 0.3) is 5.91 Å². The number of aromatic nitrogens is 2. The Morgan fingerprint density at radius 3 is 2.39 bits per heavy atom. The van der Waals surface area contributed by atoms with Crippen molar-refractivity contribution < 1.29 is 4.79 Å². The van der Waals surface area contributed by atoms with Crippen molar-refractivity contribution in [2.45, 2.75) is 13.8 Å². The number of halogens is 1. The minimum absolute atomic E-state index is 0.251. The largest absolute Gasteiger partial charge is 0.321 e. The van der Waals surface area contributed by atoms with Crippen LogP contribution in [0, 0.1) is 13.8 Å². The van der Waals surface area contributed by atoms with Gasteiger partial charge < -0.3 is 5.32 Å². The predicted molar refractivity (Wildman–Crippen MR) is 70.9 cm³/mol. The molecule has 0 saturated carbocycles. The fraction of sp³-hybridized carbons (Fsp3) is 0.154. The Hall–Kier alpha value is -1.94. The van der Waals surface area contributed by atoms with E-state index in [-0.39, 0.29) is 5.91 Å². The highest BCUT2D eigenvalue weighted by Crippen LogP contribution is 2.21. The maximum Gasteiger partial charge on any atom is 0.259 e. The Kier molecular flexibility index (Phi) is 3.58. The molecule has 2 aromatic rings. The van der Waals surface area contributed by atoms with Crippen LogP contribution in [-0.4, -0.2) is 15.9 Å². The molecule has 1 heterocycles. The molecule has 2 rings (SSSR count). The Labute approximate surface area is 110 Å². The van der Waals surface area contributed by atoms with E-state index in [0.717, 1.165) is 0 Å². The number of rotatable bonds is 2. The summed E-state index contributed by atoms with van der Waals surface area (Å²) in [6.07, 6.45) is 1.44. The first kappa shape index (κ1) is 12.5. The first-order valence-electron chi connectivity index (χ1n) is 5.43. The van der Waals surface area contributed by atoms with Crippen LogP contribution in [0.4, 0.5) is 5.69 Å². The third-order valence-corrected chi connectivity index (χ3v) is 2.91. The Morgan fingerprint density at radius 2 is 1.78 bits per heavy atom. The van der Waals surface area contributed by atoms with Gasteiger partial charge in [-0.3, -0.25) is 4.79 Å². The quantitative estimate of drug-likeness (QED) is 0.904. The van der Waals surface area contributed by atoms with Gasteiger partial charge in [-0.15, -0.1) is 0 Å². The molecule has 4 nitrogen and oxygen atoms in total. The summed E-state index contributed by atoms with van der Waals surface area (Å²) in [6.45, 7) is 3.55. The van der Waals surface area contributed by atoms with E-state index in [2.05, 4.69) is 15.3 Å². The Bertz CT molecular complexity index is 578. The van der Waals surface area contributed by atoms with Crippen LogP contribution in [0.5, 0.6) is 0 Å². The predicted octanol–water partition coefficient (Wildman–Crippen LogP) is 3.00. The third-order valence-electron chi connectivity index (χ3n) is 2.58. The van der Waals surface area contributed by atoms with E-state index < -0.39 is 0 Å². The highest BCUT2D eigenvalue weighted by Gasteiger charge is 2.14. The minimum Gasteiger partial charge on any atom is -0.321 e. The van der Waals surface area contributed by atoms with Crippen molar-refractivity contribution in [3.8, 4) is 0 Å². The molecule has 1 amide bonds. The molecule has 1 aromatic carbocycles. The summed E-state index contributed by atoms with van der Waals surface area (Å²) in [5, 5.41) is 3.26. The standard InChI is InChI=1S/C13H12ClN3O/c1-8-12(9(2)16-7-15-8)13(18)17-11-6-4-3-5-10(11)14/h3-7H,1-2H3,(H,17,18). The van der Waals surface area contributed by atoms with Gasteiger partial charge in [0.15, 0.2) is 0 Å². The lowest BCUT2D eigenvalue weighted by Gasteiger charge is -2.09. The van der Waals surface area contributed by atoms with Gasteiger partial charge in [0.05, 0.1) is 27.7 Å². The molecule has 0 bridgehead atoms. The molecule has 1 N–H and O–H groups in total. The fourth-order valence-electron chi connectivity index (χ4n) is 1.67. The maximum atomic E-state index is 12.2. The van der Waals surface area contributed by atoms with Crippen LogP contribution >= 0.6 is 11.6 Å². The summed E-state index contributed by atoms with van der Waals surface area (Å²) in [6, 6.07) is 7.08. The van der Waals surface area contributed by atoms with Gasteiger partial charge in [-0.05, 0) is 26.0 Å². The van der Waals surface area contributed by atoms with Crippen molar-refractivity contribution in [3.63, 3.8) is 0 Å². The number of anilines is 1. The van der Waals surface area contributed by atoms with E-state index in [1.165, 1.54) is 6.33 Å². The zero-order valence-electron chi connectivity index (χ0n) is 10.1. The highest BCUT2D eigenvalue weighted by atomic mass is 35.5. The average molecular weight is 262 g/mol. The van der Waals surface area contributed by atoms with Gasteiger partial charge in [-0.1, -0.05) is 23.7 Å². The van der Waals surface area contributed by atoms with Crippen molar-refractivity contribution in [2.24, 2.45) is 0 Å². The molecule has 92 valence electrons. The molecule has 0 spiro atoms. The number of carbonyl (C=O) groups excluding carboxylic acids is 1. The Morgan fingerprint density at radius 1 is 1.17 bits per heavy atom. The van der Waals surface area contributed by atoms with E-state index in [1.54, 1.807) is 32.0 Å². The molecule has 0 saturated heterocycles. The van der Waals surface area contributed by atoms with E-state index in [1.807, 2.05) is 6.07 Å². The van der Waals surface area contributed by atoms with Gasteiger partial charge in [0, 0.05) is 0 Å². The SMILES string of the molecule is Cc1ncnc(C)c1C(=O)Nc1ccccc1Cl. The molecule has 0 radical (unpaired) electrons. The van der Waals surface area contributed by atoms with Crippen LogP contribution < -0.4 is 5.32 Å². The van der Waals surface area contributed by atoms with E-state index in [0.29, 0.717) is 27.7 Å². The third kappa shape index (κ3) is 2.49. The summed E-state index contributed by atoms with van der Waals surface area (Å²) in [5.74, 6) is -0.251. The maximum absolute atomic E-state index is 12.2. The molecule has 18 heavy (non-hydrogen) atoms. The molecule has 0 aliphatic carbocycles. The molecule has 0 aliphatic rings. The van der Waals surface area contributed by atoms with Crippen LogP contribution in [-0.2, 0) is 0 Å². The highest BCUT2D eigenvalue weighted by molar-refractivity contribution is 6.33. The van der Waals surface area contributed by atoms with Crippen molar-refractivity contribution >= 4 is 23.2 Å². The van der Waals surface area contributed by atoms with Crippen molar-refractivity contribution in [1.82, 2.24) is 9.97 Å². The summed E-state index contributed by atoms with van der Waals surface area (Å²) in [5.41, 5.74) is 2.35. The number of hydrogen-bond donors (Lipinski definition) is 1. The zero-order valence-corrected chi connectivity index (χ0v) is 10.8. The van der Waals surface area contributed by atoms with E-state index >= 15 is 0 Å². The lowest BCUT2D eigenvalue weighted by Crippen LogP contribution is -2.16. The average Bonchev–Trinajstić information content (AvgIpc) is 2.32. The second-order valence-electron chi connectivity index (χ2n) is 3.85. The summed E-state index contributed by atoms with van der Waals surface area (Å²) in [4.78, 5) is 20.2. The molecule has 1 aromatic heterocycles. The van der Waals surface area contributed by atoms with E-state index in [9.17, 15) is 4.79 Å². The lowest BCUT2D eigenvalue weighted by atomic mass is 10.1. The normalized spacial score (nSPS) is 10.2. The second-order valence-corrected chi connectivity index (χ2v) is 4.26. The van der Waals surface area contributed by atoms with Crippen LogP contribution in [0.1, 0.15) is 21.7 Å². The number of para-hydroxylation sites is 1. The van der Waals surface area contributed by atoms with Crippen LogP contribution in [0.3, 0.4) is 0 Å². The van der Waals surface area contributed by atoms with Gasteiger partial charge in [-0.25, -0.2) is 9.97 Å². The molecule has 0 unspecified atom stereocenters. The molecular weight excluding hydrogens is 250 g/mol.